The summed E-state index contributed by atoms with van der Waals surface area (Å²) in [5, 5.41) is 27.4. The zero-order valence-corrected chi connectivity index (χ0v) is 39.0. The average molecular weight is 955 g/mol. The van der Waals surface area contributed by atoms with Crippen molar-refractivity contribution < 1.29 is 43.5 Å². The molecule has 2 saturated heterocycles. The van der Waals surface area contributed by atoms with Crippen molar-refractivity contribution in [3.8, 4) is 0 Å². The Morgan fingerprint density at radius 3 is 2.22 bits per heavy atom. The summed E-state index contributed by atoms with van der Waals surface area (Å²) in [5.74, 6) is -6.74. The van der Waals surface area contributed by atoms with Gasteiger partial charge in [-0.05, 0) is 81.0 Å². The summed E-state index contributed by atoms with van der Waals surface area (Å²) in [7, 11) is 0. The van der Waals surface area contributed by atoms with E-state index in [4.69, 9.17) is 17.2 Å². The molecule has 1 aliphatic carbocycles. The van der Waals surface area contributed by atoms with Crippen LogP contribution in [-0.4, -0.2) is 124 Å². The number of hydrogen-bond acceptors (Lipinski definition) is 10. The number of amides is 7. The van der Waals surface area contributed by atoms with Crippen molar-refractivity contribution in [3.05, 3.63) is 71.9 Å². The topological polar surface area (TPSA) is 338 Å². The van der Waals surface area contributed by atoms with Gasteiger partial charge in [-0.3, -0.25) is 38.6 Å². The van der Waals surface area contributed by atoms with Crippen LogP contribution in [0.1, 0.15) is 88.7 Å². The van der Waals surface area contributed by atoms with Gasteiger partial charge < -0.3 is 64.1 Å². The summed E-state index contributed by atoms with van der Waals surface area (Å²) >= 11 is 0. The SMILES string of the molecule is CC(=O)N[C@@H](Cc1ccccc1)C(=O)N[C@@H](CCCN)C(=O)N1CCC[C@H]1C(=O)N[C@@]1(C(=O)N[C@@H](Cc2c[nH]c3ccccc23)C(=O)N[C@@H](CCCN=C(N)N)C(=O)O)CC2CCCCC2C(=O)N1. The second kappa shape index (κ2) is 23.8. The fraction of sp³-hybridized carbons (Fsp3) is 0.521. The van der Waals surface area contributed by atoms with Crippen molar-refractivity contribution in [1.29, 1.82) is 0 Å². The molecule has 2 aromatic carbocycles. The number of nitrogens with two attached hydrogens (primary N) is 3. The Balaban J connectivity index is 1.27. The minimum absolute atomic E-state index is 0.0211. The number of para-hydroxylation sites is 1. The van der Waals surface area contributed by atoms with Crippen LogP contribution in [-0.2, 0) is 51.2 Å². The number of H-pyrrole nitrogens is 1. The molecule has 8 atom stereocenters. The molecule has 3 aromatic rings. The molecule has 3 fully saturated rings. The third-order valence-corrected chi connectivity index (χ3v) is 13.3. The van der Waals surface area contributed by atoms with Crippen LogP contribution < -0.4 is 49.1 Å². The lowest BCUT2D eigenvalue weighted by molar-refractivity contribution is -0.151. The van der Waals surface area contributed by atoms with Crippen molar-refractivity contribution in [2.75, 3.05) is 19.6 Å². The first-order valence-corrected chi connectivity index (χ1v) is 23.8. The summed E-state index contributed by atoms with van der Waals surface area (Å²) in [6.07, 6.45) is 5.75. The highest BCUT2D eigenvalue weighted by Gasteiger charge is 2.53. The van der Waals surface area contributed by atoms with Crippen molar-refractivity contribution in [2.24, 2.45) is 34.0 Å². The van der Waals surface area contributed by atoms with Crippen molar-refractivity contribution in [3.63, 3.8) is 0 Å². The number of piperidine rings is 1. The number of aromatic nitrogens is 1. The normalized spacial score (nSPS) is 21.6. The van der Waals surface area contributed by atoms with Crippen LogP contribution in [0, 0.1) is 11.8 Å². The fourth-order valence-corrected chi connectivity index (χ4v) is 9.83. The van der Waals surface area contributed by atoms with Crippen LogP contribution in [0.4, 0.5) is 0 Å². The Bertz CT molecular complexity index is 2370. The van der Waals surface area contributed by atoms with Gasteiger partial charge in [0.2, 0.25) is 35.4 Å². The van der Waals surface area contributed by atoms with E-state index < -0.39 is 89.1 Å². The highest BCUT2D eigenvalue weighted by atomic mass is 16.4. The molecule has 21 heteroatoms. The fourth-order valence-electron chi connectivity index (χ4n) is 9.83. The van der Waals surface area contributed by atoms with Gasteiger partial charge in [-0.25, -0.2) is 4.79 Å². The predicted molar refractivity (Wildman–Crippen MR) is 255 cm³/mol. The summed E-state index contributed by atoms with van der Waals surface area (Å²) in [5.41, 5.74) is 16.8. The van der Waals surface area contributed by atoms with E-state index >= 15 is 4.79 Å². The van der Waals surface area contributed by atoms with Gasteiger partial charge in [0, 0.05) is 62.3 Å². The Kier molecular flexibility index (Phi) is 17.7. The molecule has 3 heterocycles. The van der Waals surface area contributed by atoms with E-state index in [0.29, 0.717) is 31.2 Å². The van der Waals surface area contributed by atoms with Crippen molar-refractivity contribution in [1.82, 2.24) is 41.8 Å². The van der Waals surface area contributed by atoms with Crippen molar-refractivity contribution >= 4 is 64.2 Å². The molecule has 3 aliphatic rings. The summed E-state index contributed by atoms with van der Waals surface area (Å²) in [4.78, 5) is 119. The molecule has 0 radical (unpaired) electrons. The van der Waals surface area contributed by atoms with E-state index in [2.05, 4.69) is 41.9 Å². The standard InChI is InChI=1S/C48H66N12O9/c1-28(61)54-37(24-29-12-3-2-4-13-29)41(63)55-35(18-9-21-49)44(66)60-23-11-20-39(60)43(65)59-48(26-30-14-5-6-16-33(30)40(62)58-48)46(69)57-38(25-31-27-53-34-17-8-7-15-32(31)34)42(64)56-36(45(67)68)19-10-22-52-47(50)51/h2-4,7-8,12-13,15,17,27,30,33,35-39,53H,5-6,9-11,14,16,18-26,49H2,1H3,(H,54,61)(H,55,63)(H,56,64)(H,57,69)(H,58,62)(H,59,65)(H,67,68)(H4,50,51,52)/t30?,33?,35-,36-,37-,38-,39-,48+/m0/s1. The first-order chi connectivity index (χ1) is 33.1. The number of benzene rings is 2. The second-order valence-electron chi connectivity index (χ2n) is 18.3. The minimum atomic E-state index is -2.09. The third-order valence-electron chi connectivity index (χ3n) is 13.3. The maximum absolute atomic E-state index is 15.1. The van der Waals surface area contributed by atoms with E-state index in [1.54, 1.807) is 6.20 Å². The van der Waals surface area contributed by atoms with Crippen LogP contribution in [0.3, 0.4) is 0 Å². The number of carbonyl (C=O) groups excluding carboxylic acids is 7. The number of aliphatic imine (C=N–C) groups is 1. The van der Waals surface area contributed by atoms with E-state index in [1.807, 2.05) is 54.6 Å². The Morgan fingerprint density at radius 1 is 0.826 bits per heavy atom. The summed E-state index contributed by atoms with van der Waals surface area (Å²) < 4.78 is 0. The lowest BCUT2D eigenvalue weighted by Crippen LogP contribution is -2.75. The molecule has 14 N–H and O–H groups in total. The molecule has 0 bridgehead atoms. The first-order valence-electron chi connectivity index (χ1n) is 23.8. The summed E-state index contributed by atoms with van der Waals surface area (Å²) in [6, 6.07) is 10.3. The quantitative estimate of drug-likeness (QED) is 0.0358. The second-order valence-corrected chi connectivity index (χ2v) is 18.3. The smallest absolute Gasteiger partial charge is 0.326 e. The molecule has 1 saturated carbocycles. The van der Waals surface area contributed by atoms with Gasteiger partial charge in [0.1, 0.15) is 30.2 Å². The average Bonchev–Trinajstić information content (AvgIpc) is 3.99. The van der Waals surface area contributed by atoms with Gasteiger partial charge in [0.15, 0.2) is 11.6 Å². The molecule has 2 unspecified atom stereocenters. The van der Waals surface area contributed by atoms with E-state index in [-0.39, 0.29) is 76.5 Å². The molecule has 2 aliphatic heterocycles. The maximum Gasteiger partial charge on any atom is 0.326 e. The van der Waals surface area contributed by atoms with Crippen LogP contribution in [0.25, 0.3) is 10.9 Å². The zero-order chi connectivity index (χ0) is 49.7. The molecule has 7 amide bonds. The largest absolute Gasteiger partial charge is 0.480 e. The van der Waals surface area contributed by atoms with Crippen LogP contribution in [0.15, 0.2) is 65.8 Å². The van der Waals surface area contributed by atoms with Crippen LogP contribution >= 0.6 is 0 Å². The van der Waals surface area contributed by atoms with Crippen molar-refractivity contribution in [2.45, 2.75) is 126 Å². The number of aromatic amines is 1. The Hall–Kier alpha value is -7.03. The Labute approximate surface area is 400 Å². The minimum Gasteiger partial charge on any atom is -0.480 e. The van der Waals surface area contributed by atoms with Gasteiger partial charge >= 0.3 is 5.97 Å². The number of likely N-dealkylation sites (tertiary alicyclic amines) is 1. The van der Waals surface area contributed by atoms with Gasteiger partial charge in [0.25, 0.3) is 5.91 Å². The highest BCUT2D eigenvalue weighted by molar-refractivity contribution is 6.01. The number of rotatable bonds is 22. The van der Waals surface area contributed by atoms with Gasteiger partial charge in [-0.1, -0.05) is 61.4 Å². The molecule has 372 valence electrons. The molecule has 6 rings (SSSR count). The monoisotopic (exact) mass is 955 g/mol. The number of fused-ring (bicyclic) bond motifs is 2. The van der Waals surface area contributed by atoms with Gasteiger partial charge in [-0.15, -0.1) is 0 Å². The Morgan fingerprint density at radius 2 is 1.51 bits per heavy atom. The lowest BCUT2D eigenvalue weighted by Gasteiger charge is -2.46. The highest BCUT2D eigenvalue weighted by Crippen LogP contribution is 2.39. The van der Waals surface area contributed by atoms with Crippen LogP contribution in [0.2, 0.25) is 0 Å². The first kappa shape index (κ1) is 51.4. The number of guanidine groups is 1. The number of carboxylic acid groups (broad SMARTS) is 1. The maximum atomic E-state index is 15.1. The number of hydrogen-bond donors (Lipinski definition) is 11. The molecule has 21 nitrogen and oxygen atoms in total. The molecule has 1 aromatic heterocycles. The van der Waals surface area contributed by atoms with E-state index in [0.717, 1.165) is 29.3 Å². The van der Waals surface area contributed by atoms with E-state index in [9.17, 15) is 38.7 Å². The van der Waals surface area contributed by atoms with Gasteiger partial charge in [-0.2, -0.15) is 0 Å². The number of nitrogens with zero attached hydrogens (tertiary/aromatic N) is 2. The molecular weight excluding hydrogens is 889 g/mol. The number of carboxylic acids is 1. The predicted octanol–water partition coefficient (Wildman–Crippen LogP) is -0.0809. The van der Waals surface area contributed by atoms with Crippen LogP contribution in [0.5, 0.6) is 0 Å². The number of aliphatic carboxylic acids is 1. The molecule has 69 heavy (non-hydrogen) atoms. The number of carbonyl (C=O) groups is 8. The third kappa shape index (κ3) is 13.4. The zero-order valence-electron chi connectivity index (χ0n) is 39.0. The summed E-state index contributed by atoms with van der Waals surface area (Å²) in [6.45, 7) is 1.76. The number of nitrogens with one attached hydrogen (secondary N) is 7. The molecular formula is C48H66N12O9. The van der Waals surface area contributed by atoms with Gasteiger partial charge in [0.05, 0.1) is 0 Å². The van der Waals surface area contributed by atoms with E-state index in [1.165, 1.54) is 11.8 Å². The molecule has 0 spiro atoms. The lowest BCUT2D eigenvalue weighted by atomic mass is 9.71.